The molecule has 1 aliphatic heterocycles. The molecule has 0 aliphatic carbocycles. The summed E-state index contributed by atoms with van der Waals surface area (Å²) in [5.41, 5.74) is 0. The van der Waals surface area contributed by atoms with Gasteiger partial charge in [0.05, 0.1) is 0 Å². The van der Waals surface area contributed by atoms with Gasteiger partial charge in [-0.05, 0) is 13.5 Å². The highest BCUT2D eigenvalue weighted by molar-refractivity contribution is 6.04. The van der Waals surface area contributed by atoms with E-state index in [1.165, 1.54) is 4.90 Å². The minimum absolute atomic E-state index is 0.0196. The van der Waals surface area contributed by atoms with Crippen LogP contribution in [0.1, 0.15) is 33.6 Å². The van der Waals surface area contributed by atoms with E-state index in [0.717, 1.165) is 12.8 Å². The van der Waals surface area contributed by atoms with Gasteiger partial charge < -0.3 is 5.32 Å². The average molecular weight is 226 g/mol. The van der Waals surface area contributed by atoms with Crippen LogP contribution in [0.2, 0.25) is 0 Å². The zero-order chi connectivity index (χ0) is 12.3. The minimum Gasteiger partial charge on any atom is -0.315 e. The first-order chi connectivity index (χ1) is 7.52. The molecule has 1 saturated heterocycles. The van der Waals surface area contributed by atoms with Crippen molar-refractivity contribution in [2.24, 2.45) is 11.8 Å². The number of nitrogens with one attached hydrogen (secondary N) is 1. The highest BCUT2D eigenvalue weighted by Crippen LogP contribution is 2.25. The lowest BCUT2D eigenvalue weighted by Gasteiger charge is -2.22. The van der Waals surface area contributed by atoms with Gasteiger partial charge in [0.25, 0.3) is 0 Å². The maximum atomic E-state index is 11.9. The van der Waals surface area contributed by atoms with E-state index in [9.17, 15) is 9.59 Å². The fraction of sp³-hybridized carbons (Fsp3) is 0.833. The molecule has 16 heavy (non-hydrogen) atoms. The maximum absolute atomic E-state index is 11.9. The summed E-state index contributed by atoms with van der Waals surface area (Å²) in [5.74, 6) is -0.360. The number of carbonyl (C=O) groups excluding carboxylic acids is 2. The van der Waals surface area contributed by atoms with Gasteiger partial charge in [0.1, 0.15) is 0 Å². The Bertz CT molecular complexity index is 258. The molecule has 3 unspecified atom stereocenters. The van der Waals surface area contributed by atoms with E-state index in [1.807, 2.05) is 20.9 Å². The second-order valence-corrected chi connectivity index (χ2v) is 4.64. The summed E-state index contributed by atoms with van der Waals surface area (Å²) in [4.78, 5) is 25.1. The highest BCUT2D eigenvalue weighted by atomic mass is 16.2. The largest absolute Gasteiger partial charge is 0.315 e. The van der Waals surface area contributed by atoms with Crippen molar-refractivity contribution in [2.75, 3.05) is 13.6 Å². The summed E-state index contributed by atoms with van der Waals surface area (Å²) in [6.45, 7) is 6.28. The van der Waals surface area contributed by atoms with Gasteiger partial charge in [-0.3, -0.25) is 14.5 Å². The third-order valence-electron chi connectivity index (χ3n) is 3.51. The predicted molar refractivity (Wildman–Crippen MR) is 62.8 cm³/mol. The molecule has 4 nitrogen and oxygen atoms in total. The summed E-state index contributed by atoms with van der Waals surface area (Å²) in [6.07, 6.45) is 2.03. The van der Waals surface area contributed by atoms with Crippen molar-refractivity contribution < 1.29 is 9.59 Å². The second kappa shape index (κ2) is 5.43. The molecule has 4 heteroatoms. The zero-order valence-corrected chi connectivity index (χ0v) is 10.6. The van der Waals surface area contributed by atoms with Crippen LogP contribution in [0.15, 0.2) is 0 Å². The quantitative estimate of drug-likeness (QED) is 0.712. The molecule has 1 heterocycles. The molecule has 0 bridgehead atoms. The van der Waals surface area contributed by atoms with Crippen molar-refractivity contribution in [3.63, 3.8) is 0 Å². The van der Waals surface area contributed by atoms with Gasteiger partial charge >= 0.3 is 0 Å². The molecule has 0 saturated carbocycles. The fourth-order valence-electron chi connectivity index (χ4n) is 2.10. The number of hydrogen-bond acceptors (Lipinski definition) is 3. The monoisotopic (exact) mass is 226 g/mol. The third-order valence-corrected chi connectivity index (χ3v) is 3.51. The molecule has 92 valence electrons. The van der Waals surface area contributed by atoms with Gasteiger partial charge in [0.15, 0.2) is 0 Å². The lowest BCUT2D eigenvalue weighted by molar-refractivity contribution is -0.140. The Morgan fingerprint density at radius 2 is 1.75 bits per heavy atom. The van der Waals surface area contributed by atoms with Crippen LogP contribution in [-0.2, 0) is 9.59 Å². The third kappa shape index (κ3) is 2.43. The van der Waals surface area contributed by atoms with E-state index < -0.39 is 0 Å². The van der Waals surface area contributed by atoms with Gasteiger partial charge in [-0.2, -0.15) is 0 Å². The summed E-state index contributed by atoms with van der Waals surface area (Å²) >= 11 is 0. The molecule has 0 aromatic rings. The molecule has 1 fully saturated rings. The summed E-state index contributed by atoms with van der Waals surface area (Å²) < 4.78 is 0. The maximum Gasteiger partial charge on any atom is 0.232 e. The zero-order valence-electron chi connectivity index (χ0n) is 10.6. The SMILES string of the molecule is CCCC(CN1C(=O)C(C)C(C)C1=O)NC. The number of likely N-dealkylation sites (N-methyl/N-ethyl adjacent to an activating group) is 1. The van der Waals surface area contributed by atoms with Crippen molar-refractivity contribution >= 4 is 11.8 Å². The van der Waals surface area contributed by atoms with Crippen molar-refractivity contribution in [3.05, 3.63) is 0 Å². The van der Waals surface area contributed by atoms with Crippen molar-refractivity contribution in [2.45, 2.75) is 39.7 Å². The molecule has 0 aromatic carbocycles. The topological polar surface area (TPSA) is 49.4 Å². The Morgan fingerprint density at radius 1 is 1.25 bits per heavy atom. The van der Waals surface area contributed by atoms with E-state index >= 15 is 0 Å². The Morgan fingerprint density at radius 3 is 2.12 bits per heavy atom. The predicted octanol–water partition coefficient (Wildman–Crippen LogP) is 1.02. The lowest BCUT2D eigenvalue weighted by atomic mass is 10.00. The minimum atomic E-state index is -0.161. The number of rotatable bonds is 5. The smallest absolute Gasteiger partial charge is 0.232 e. The molecule has 1 N–H and O–H groups in total. The average Bonchev–Trinajstić information content (AvgIpc) is 2.46. The molecule has 0 aromatic heterocycles. The molecule has 3 atom stereocenters. The number of likely N-dealkylation sites (tertiary alicyclic amines) is 1. The molecule has 1 rings (SSSR count). The Hall–Kier alpha value is -0.900. The number of nitrogens with zero attached hydrogens (tertiary/aromatic N) is 1. The van der Waals surface area contributed by atoms with Crippen molar-refractivity contribution in [1.82, 2.24) is 10.2 Å². The van der Waals surface area contributed by atoms with E-state index in [4.69, 9.17) is 0 Å². The Kier molecular flexibility index (Phi) is 4.47. The van der Waals surface area contributed by atoms with Gasteiger partial charge in [-0.1, -0.05) is 27.2 Å². The van der Waals surface area contributed by atoms with Crippen molar-refractivity contribution in [3.8, 4) is 0 Å². The van der Waals surface area contributed by atoms with E-state index in [-0.39, 0.29) is 29.7 Å². The van der Waals surface area contributed by atoms with Crippen LogP contribution in [0, 0.1) is 11.8 Å². The van der Waals surface area contributed by atoms with Crippen LogP contribution in [-0.4, -0.2) is 36.3 Å². The lowest BCUT2D eigenvalue weighted by Crippen LogP contribution is -2.42. The summed E-state index contributed by atoms with van der Waals surface area (Å²) in [7, 11) is 1.87. The van der Waals surface area contributed by atoms with E-state index in [2.05, 4.69) is 12.2 Å². The Labute approximate surface area is 97.4 Å². The normalized spacial score (nSPS) is 27.6. The van der Waals surface area contributed by atoms with Gasteiger partial charge in [0.2, 0.25) is 11.8 Å². The van der Waals surface area contributed by atoms with Crippen LogP contribution in [0.3, 0.4) is 0 Å². The first-order valence-electron chi connectivity index (χ1n) is 6.05. The van der Waals surface area contributed by atoms with Crippen molar-refractivity contribution in [1.29, 1.82) is 0 Å². The van der Waals surface area contributed by atoms with Crippen LogP contribution in [0.25, 0.3) is 0 Å². The molecular weight excluding hydrogens is 204 g/mol. The molecular formula is C12H22N2O2. The number of amides is 2. The van der Waals surface area contributed by atoms with E-state index in [0.29, 0.717) is 6.54 Å². The number of hydrogen-bond donors (Lipinski definition) is 1. The number of carbonyl (C=O) groups is 2. The second-order valence-electron chi connectivity index (χ2n) is 4.64. The van der Waals surface area contributed by atoms with Gasteiger partial charge in [-0.15, -0.1) is 0 Å². The first kappa shape index (κ1) is 13.2. The van der Waals surface area contributed by atoms with Crippen LogP contribution in [0.5, 0.6) is 0 Å². The van der Waals surface area contributed by atoms with E-state index in [1.54, 1.807) is 0 Å². The van der Waals surface area contributed by atoms with Crippen LogP contribution < -0.4 is 5.32 Å². The first-order valence-corrected chi connectivity index (χ1v) is 6.05. The molecule has 2 amide bonds. The number of imide groups is 1. The van der Waals surface area contributed by atoms with Crippen LogP contribution in [0.4, 0.5) is 0 Å². The molecule has 0 radical (unpaired) electrons. The van der Waals surface area contributed by atoms with Crippen LogP contribution >= 0.6 is 0 Å². The van der Waals surface area contributed by atoms with Gasteiger partial charge in [-0.25, -0.2) is 0 Å². The molecule has 0 spiro atoms. The summed E-state index contributed by atoms with van der Waals surface area (Å²) in [5, 5.41) is 3.15. The standard InChI is InChI=1S/C12H22N2O2/c1-5-6-10(13-4)7-14-11(15)8(2)9(3)12(14)16/h8-10,13H,5-7H2,1-4H3. The fourth-order valence-corrected chi connectivity index (χ4v) is 2.10. The Balaban J connectivity index is 2.66. The molecule has 1 aliphatic rings. The summed E-state index contributed by atoms with van der Waals surface area (Å²) in [6, 6.07) is 0.218. The highest BCUT2D eigenvalue weighted by Gasteiger charge is 2.42. The van der Waals surface area contributed by atoms with Gasteiger partial charge in [0, 0.05) is 24.4 Å².